The maximum Gasteiger partial charge on any atom is 0.243 e. The third-order valence-electron chi connectivity index (χ3n) is 3.52. The minimum Gasteiger partial charge on any atom is -0.255 e. The number of hydrogen-bond donors (Lipinski definition) is 1. The molecular weight excluding hydrogens is 296 g/mol. The normalized spacial score (nSPS) is 13.1. The molecule has 0 saturated heterocycles. The zero-order valence-corrected chi connectivity index (χ0v) is 12.9. The number of nitrogens with zero attached hydrogens (tertiary/aromatic N) is 1. The van der Waals surface area contributed by atoms with Crippen LogP contribution in [0.1, 0.15) is 18.5 Å². The van der Waals surface area contributed by atoms with Gasteiger partial charge >= 0.3 is 0 Å². The molecule has 1 unspecified atom stereocenters. The monoisotopic (exact) mass is 312 g/mol. The predicted molar refractivity (Wildman–Crippen MR) is 86.9 cm³/mol. The smallest absolute Gasteiger partial charge is 0.243 e. The molecule has 0 bridgehead atoms. The maximum absolute atomic E-state index is 12.7. The van der Waals surface area contributed by atoms with Crippen molar-refractivity contribution in [2.45, 2.75) is 17.9 Å². The molecule has 0 saturated carbocycles. The first-order valence-corrected chi connectivity index (χ1v) is 8.47. The van der Waals surface area contributed by atoms with Gasteiger partial charge in [-0.05, 0) is 24.6 Å². The second-order valence-corrected chi connectivity index (χ2v) is 6.77. The predicted octanol–water partition coefficient (Wildman–Crippen LogP) is 3.27. The van der Waals surface area contributed by atoms with Gasteiger partial charge in [0, 0.05) is 17.6 Å². The Bertz CT molecular complexity index is 887. The van der Waals surface area contributed by atoms with Crippen molar-refractivity contribution in [2.24, 2.45) is 0 Å². The summed E-state index contributed by atoms with van der Waals surface area (Å²) in [7, 11) is -3.65. The Kier molecular flexibility index (Phi) is 3.92. The van der Waals surface area contributed by atoms with Crippen LogP contribution in [0.25, 0.3) is 10.9 Å². The van der Waals surface area contributed by atoms with E-state index in [0.29, 0.717) is 5.52 Å². The van der Waals surface area contributed by atoms with Crippen LogP contribution in [0.2, 0.25) is 0 Å². The van der Waals surface area contributed by atoms with Gasteiger partial charge in [0.2, 0.25) is 10.0 Å². The van der Waals surface area contributed by atoms with Crippen LogP contribution in [-0.4, -0.2) is 13.4 Å². The van der Waals surface area contributed by atoms with Crippen molar-refractivity contribution < 1.29 is 8.42 Å². The molecule has 0 aliphatic rings. The Balaban J connectivity index is 1.99. The first kappa shape index (κ1) is 14.7. The van der Waals surface area contributed by atoms with E-state index in [2.05, 4.69) is 9.71 Å². The summed E-state index contributed by atoms with van der Waals surface area (Å²) in [6.45, 7) is 1.82. The number of fused-ring (bicyclic) bond motifs is 1. The Morgan fingerprint density at radius 1 is 0.955 bits per heavy atom. The van der Waals surface area contributed by atoms with Crippen LogP contribution in [0.15, 0.2) is 71.8 Å². The zero-order chi connectivity index (χ0) is 15.6. The van der Waals surface area contributed by atoms with Crippen molar-refractivity contribution in [3.63, 3.8) is 0 Å². The lowest BCUT2D eigenvalue weighted by atomic mass is 10.1. The Morgan fingerprint density at radius 2 is 1.68 bits per heavy atom. The highest BCUT2D eigenvalue weighted by atomic mass is 32.2. The highest BCUT2D eigenvalue weighted by Crippen LogP contribution is 2.22. The first-order chi connectivity index (χ1) is 10.6. The fourth-order valence-corrected chi connectivity index (χ4v) is 3.81. The lowest BCUT2D eigenvalue weighted by Crippen LogP contribution is -2.27. The molecule has 0 aliphatic carbocycles. The summed E-state index contributed by atoms with van der Waals surface area (Å²) in [6, 6.07) is 18.0. The molecule has 1 atom stereocenters. The van der Waals surface area contributed by atoms with E-state index >= 15 is 0 Å². The summed E-state index contributed by atoms with van der Waals surface area (Å²) in [5.74, 6) is 0. The first-order valence-electron chi connectivity index (χ1n) is 6.99. The average Bonchev–Trinajstić information content (AvgIpc) is 2.54. The van der Waals surface area contributed by atoms with Crippen molar-refractivity contribution in [3.8, 4) is 0 Å². The average molecular weight is 312 g/mol. The number of aromatic nitrogens is 1. The van der Waals surface area contributed by atoms with Crippen molar-refractivity contribution in [1.29, 1.82) is 0 Å². The summed E-state index contributed by atoms with van der Waals surface area (Å²) >= 11 is 0. The van der Waals surface area contributed by atoms with Gasteiger partial charge in [-0.15, -0.1) is 0 Å². The fourth-order valence-electron chi connectivity index (χ4n) is 2.40. The van der Waals surface area contributed by atoms with Crippen LogP contribution in [0.4, 0.5) is 0 Å². The fraction of sp³-hybridized carbons (Fsp3) is 0.118. The maximum atomic E-state index is 12.7. The van der Waals surface area contributed by atoms with Crippen LogP contribution in [0.3, 0.4) is 0 Å². The lowest BCUT2D eigenvalue weighted by molar-refractivity contribution is 0.567. The number of hydrogen-bond acceptors (Lipinski definition) is 3. The second kappa shape index (κ2) is 5.87. The van der Waals surface area contributed by atoms with E-state index in [9.17, 15) is 8.42 Å². The van der Waals surface area contributed by atoms with Gasteiger partial charge < -0.3 is 0 Å². The van der Waals surface area contributed by atoms with Crippen LogP contribution in [-0.2, 0) is 10.0 Å². The van der Waals surface area contributed by atoms with E-state index in [4.69, 9.17) is 0 Å². The van der Waals surface area contributed by atoms with Crippen molar-refractivity contribution >= 4 is 20.9 Å². The highest BCUT2D eigenvalue weighted by Gasteiger charge is 2.21. The number of rotatable bonds is 4. The molecule has 112 valence electrons. The quantitative estimate of drug-likeness (QED) is 0.804. The SMILES string of the molecule is CC(NS(=O)(=O)c1cccc2cccnc12)c1ccccc1. The molecule has 1 aromatic heterocycles. The van der Waals surface area contributed by atoms with Gasteiger partial charge in [0.05, 0.1) is 5.52 Å². The number of nitrogens with one attached hydrogen (secondary N) is 1. The van der Waals surface area contributed by atoms with Gasteiger partial charge in [0.1, 0.15) is 4.90 Å². The molecule has 0 aliphatic heterocycles. The Hall–Kier alpha value is -2.24. The van der Waals surface area contributed by atoms with E-state index in [1.165, 1.54) is 0 Å². The summed E-state index contributed by atoms with van der Waals surface area (Å²) in [5, 5.41) is 0.803. The molecular formula is C17H16N2O2S. The third kappa shape index (κ3) is 2.86. The second-order valence-electron chi connectivity index (χ2n) is 5.08. The van der Waals surface area contributed by atoms with Gasteiger partial charge in [-0.1, -0.05) is 48.5 Å². The Morgan fingerprint density at radius 3 is 2.45 bits per heavy atom. The van der Waals surface area contributed by atoms with Gasteiger partial charge in [-0.2, -0.15) is 0 Å². The van der Waals surface area contributed by atoms with Crippen LogP contribution >= 0.6 is 0 Å². The highest BCUT2D eigenvalue weighted by molar-refractivity contribution is 7.89. The van der Waals surface area contributed by atoms with Gasteiger partial charge in [0.25, 0.3) is 0 Å². The number of para-hydroxylation sites is 1. The van der Waals surface area contributed by atoms with Gasteiger partial charge in [0.15, 0.2) is 0 Å². The molecule has 5 heteroatoms. The third-order valence-corrected chi connectivity index (χ3v) is 5.09. The van der Waals surface area contributed by atoms with E-state index in [1.807, 2.05) is 49.4 Å². The molecule has 22 heavy (non-hydrogen) atoms. The Labute approximate surface area is 129 Å². The minimum atomic E-state index is -3.65. The van der Waals surface area contributed by atoms with Crippen molar-refractivity contribution in [2.75, 3.05) is 0 Å². The summed E-state index contributed by atoms with van der Waals surface area (Å²) in [4.78, 5) is 4.41. The van der Waals surface area contributed by atoms with E-state index < -0.39 is 10.0 Å². The molecule has 0 amide bonds. The minimum absolute atomic E-state index is 0.202. The molecule has 1 N–H and O–H groups in total. The van der Waals surface area contributed by atoms with Gasteiger partial charge in [-0.25, -0.2) is 13.1 Å². The van der Waals surface area contributed by atoms with Crippen molar-refractivity contribution in [1.82, 2.24) is 9.71 Å². The van der Waals surface area contributed by atoms with Crippen LogP contribution in [0.5, 0.6) is 0 Å². The molecule has 3 aromatic rings. The zero-order valence-electron chi connectivity index (χ0n) is 12.1. The van der Waals surface area contributed by atoms with Crippen LogP contribution in [0, 0.1) is 0 Å². The summed E-state index contributed by atoms with van der Waals surface area (Å²) in [6.07, 6.45) is 1.60. The van der Waals surface area contributed by atoms with Crippen molar-refractivity contribution in [3.05, 3.63) is 72.4 Å². The van der Waals surface area contributed by atoms with E-state index in [1.54, 1.807) is 24.4 Å². The van der Waals surface area contributed by atoms with Crippen LogP contribution < -0.4 is 4.72 Å². The number of pyridine rings is 1. The molecule has 2 aromatic carbocycles. The topological polar surface area (TPSA) is 59.1 Å². The molecule has 0 spiro atoms. The molecule has 0 fully saturated rings. The summed E-state index contributed by atoms with van der Waals surface area (Å²) < 4.78 is 28.1. The standard InChI is InChI=1S/C17H16N2O2S/c1-13(14-7-3-2-4-8-14)19-22(20,21)16-11-5-9-15-10-6-12-18-17(15)16/h2-13,19H,1H3. The largest absolute Gasteiger partial charge is 0.255 e. The van der Waals surface area contributed by atoms with E-state index in [0.717, 1.165) is 10.9 Å². The molecule has 3 rings (SSSR count). The molecule has 1 heterocycles. The molecule has 0 radical (unpaired) electrons. The number of benzene rings is 2. The summed E-state index contributed by atoms with van der Waals surface area (Å²) in [5.41, 5.74) is 1.40. The lowest BCUT2D eigenvalue weighted by Gasteiger charge is -2.15. The van der Waals surface area contributed by atoms with E-state index in [-0.39, 0.29) is 10.9 Å². The number of sulfonamides is 1. The van der Waals surface area contributed by atoms with Gasteiger partial charge in [-0.3, -0.25) is 4.98 Å². The molecule has 4 nitrogen and oxygen atoms in total.